The molecule has 1 aromatic carbocycles. The standard InChI is InChI=1S/C13H8ClF3N2O/c1-6-2-7(3-11(14)18-6)13(20)19-10-5-8(15)4-9(16)12(10)17/h2-5H,1H3,(H,19,20). The van der Waals surface area contributed by atoms with Gasteiger partial charge in [0.15, 0.2) is 11.6 Å². The van der Waals surface area contributed by atoms with E-state index >= 15 is 0 Å². The highest BCUT2D eigenvalue weighted by Crippen LogP contribution is 2.20. The first-order valence-corrected chi connectivity index (χ1v) is 5.84. The second-order valence-electron chi connectivity index (χ2n) is 4.02. The number of benzene rings is 1. The minimum Gasteiger partial charge on any atom is -0.319 e. The van der Waals surface area contributed by atoms with Crippen molar-refractivity contribution in [2.24, 2.45) is 0 Å². The van der Waals surface area contributed by atoms with Gasteiger partial charge in [0.05, 0.1) is 5.69 Å². The van der Waals surface area contributed by atoms with E-state index < -0.39 is 29.0 Å². The molecule has 1 amide bonds. The highest BCUT2D eigenvalue weighted by Gasteiger charge is 2.15. The second kappa shape index (κ2) is 5.50. The second-order valence-corrected chi connectivity index (χ2v) is 4.41. The summed E-state index contributed by atoms with van der Waals surface area (Å²) < 4.78 is 39.4. The van der Waals surface area contributed by atoms with Gasteiger partial charge in [0.25, 0.3) is 5.91 Å². The van der Waals surface area contributed by atoms with Gasteiger partial charge in [-0.3, -0.25) is 4.79 Å². The van der Waals surface area contributed by atoms with Crippen LogP contribution in [0.5, 0.6) is 0 Å². The normalized spacial score (nSPS) is 10.4. The zero-order valence-electron chi connectivity index (χ0n) is 10.2. The minimum absolute atomic E-state index is 0.0843. The lowest BCUT2D eigenvalue weighted by molar-refractivity contribution is 0.102. The van der Waals surface area contributed by atoms with Gasteiger partial charge in [0.2, 0.25) is 0 Å². The Morgan fingerprint density at radius 1 is 1.20 bits per heavy atom. The summed E-state index contributed by atoms with van der Waals surface area (Å²) in [7, 11) is 0. The lowest BCUT2D eigenvalue weighted by atomic mass is 10.2. The molecule has 20 heavy (non-hydrogen) atoms. The molecule has 0 aliphatic heterocycles. The van der Waals surface area contributed by atoms with E-state index in [1.165, 1.54) is 12.1 Å². The molecule has 0 unspecified atom stereocenters. The smallest absolute Gasteiger partial charge is 0.255 e. The first kappa shape index (κ1) is 14.3. The third-order valence-electron chi connectivity index (χ3n) is 2.43. The van der Waals surface area contributed by atoms with Crippen LogP contribution in [0.25, 0.3) is 0 Å². The van der Waals surface area contributed by atoms with E-state index in [4.69, 9.17) is 11.6 Å². The van der Waals surface area contributed by atoms with Gasteiger partial charge in [0, 0.05) is 23.4 Å². The lowest BCUT2D eigenvalue weighted by Gasteiger charge is -2.08. The predicted octanol–water partition coefficient (Wildman–Crippen LogP) is 3.71. The van der Waals surface area contributed by atoms with E-state index in [-0.39, 0.29) is 10.7 Å². The predicted molar refractivity (Wildman–Crippen MR) is 68.3 cm³/mol. The number of nitrogens with zero attached hydrogens (tertiary/aromatic N) is 1. The highest BCUT2D eigenvalue weighted by molar-refractivity contribution is 6.29. The molecular weight excluding hydrogens is 293 g/mol. The number of nitrogens with one attached hydrogen (secondary N) is 1. The SMILES string of the molecule is Cc1cc(C(=O)Nc2cc(F)cc(F)c2F)cc(Cl)n1. The first-order valence-electron chi connectivity index (χ1n) is 5.47. The maximum atomic E-state index is 13.4. The highest BCUT2D eigenvalue weighted by atomic mass is 35.5. The zero-order chi connectivity index (χ0) is 14.9. The molecular formula is C13H8ClF3N2O. The summed E-state index contributed by atoms with van der Waals surface area (Å²) in [5.74, 6) is -4.47. The van der Waals surface area contributed by atoms with Gasteiger partial charge in [-0.25, -0.2) is 18.2 Å². The van der Waals surface area contributed by atoms with E-state index in [1.54, 1.807) is 6.92 Å². The maximum Gasteiger partial charge on any atom is 0.255 e. The Balaban J connectivity index is 2.32. The van der Waals surface area contributed by atoms with Crippen LogP contribution in [0.2, 0.25) is 5.15 Å². The largest absolute Gasteiger partial charge is 0.319 e. The number of carbonyl (C=O) groups excluding carboxylic acids is 1. The zero-order valence-corrected chi connectivity index (χ0v) is 10.9. The Kier molecular flexibility index (Phi) is 3.94. The van der Waals surface area contributed by atoms with Crippen LogP contribution in [-0.2, 0) is 0 Å². The van der Waals surface area contributed by atoms with Crippen LogP contribution in [0.15, 0.2) is 24.3 Å². The number of halogens is 4. The van der Waals surface area contributed by atoms with Gasteiger partial charge in [-0.1, -0.05) is 11.6 Å². The molecule has 0 aliphatic carbocycles. The van der Waals surface area contributed by atoms with E-state index in [2.05, 4.69) is 10.3 Å². The molecule has 0 atom stereocenters. The minimum atomic E-state index is -1.38. The van der Waals surface area contributed by atoms with Crippen molar-refractivity contribution in [2.75, 3.05) is 5.32 Å². The van der Waals surface area contributed by atoms with Crippen LogP contribution in [0.4, 0.5) is 18.9 Å². The van der Waals surface area contributed by atoms with Crippen molar-refractivity contribution in [2.45, 2.75) is 6.92 Å². The summed E-state index contributed by atoms with van der Waals surface area (Å²) in [5, 5.41) is 2.17. The molecule has 0 fully saturated rings. The Bertz CT molecular complexity index is 671. The fourth-order valence-electron chi connectivity index (χ4n) is 1.60. The Hall–Kier alpha value is -2.08. The third kappa shape index (κ3) is 3.08. The Morgan fingerprint density at radius 2 is 1.90 bits per heavy atom. The number of aryl methyl sites for hydroxylation is 1. The molecule has 3 nitrogen and oxygen atoms in total. The fourth-order valence-corrected chi connectivity index (χ4v) is 1.85. The first-order chi connectivity index (χ1) is 9.36. The number of amides is 1. The van der Waals surface area contributed by atoms with Crippen molar-refractivity contribution in [3.63, 3.8) is 0 Å². The molecule has 1 heterocycles. The van der Waals surface area contributed by atoms with Crippen molar-refractivity contribution < 1.29 is 18.0 Å². The van der Waals surface area contributed by atoms with Gasteiger partial charge >= 0.3 is 0 Å². The number of hydrogen-bond donors (Lipinski definition) is 1. The summed E-state index contributed by atoms with van der Waals surface area (Å²) in [5.41, 5.74) is -0.00166. The summed E-state index contributed by atoms with van der Waals surface area (Å²) in [6.45, 7) is 1.62. The molecule has 0 saturated carbocycles. The summed E-state index contributed by atoms with van der Waals surface area (Å²) in [6, 6.07) is 3.75. The summed E-state index contributed by atoms with van der Waals surface area (Å²) in [4.78, 5) is 15.7. The van der Waals surface area contributed by atoms with Crippen LogP contribution < -0.4 is 5.32 Å². The van der Waals surface area contributed by atoms with Gasteiger partial charge in [-0.2, -0.15) is 0 Å². The monoisotopic (exact) mass is 300 g/mol. The number of anilines is 1. The van der Waals surface area contributed by atoms with E-state index in [0.717, 1.165) is 0 Å². The van der Waals surface area contributed by atoms with Crippen molar-refractivity contribution >= 4 is 23.2 Å². The van der Waals surface area contributed by atoms with Crippen molar-refractivity contribution in [1.29, 1.82) is 0 Å². The fraction of sp³-hybridized carbons (Fsp3) is 0.0769. The van der Waals surface area contributed by atoms with Crippen molar-refractivity contribution in [3.05, 3.63) is 58.1 Å². The maximum absolute atomic E-state index is 13.4. The number of rotatable bonds is 2. The van der Waals surface area contributed by atoms with Crippen LogP contribution in [0.1, 0.15) is 16.1 Å². The number of carbonyl (C=O) groups is 1. The number of hydrogen-bond acceptors (Lipinski definition) is 2. The van der Waals surface area contributed by atoms with Crippen molar-refractivity contribution in [1.82, 2.24) is 4.98 Å². The molecule has 0 bridgehead atoms. The summed E-state index contributed by atoms with van der Waals surface area (Å²) >= 11 is 5.69. The summed E-state index contributed by atoms with van der Waals surface area (Å²) in [6.07, 6.45) is 0. The van der Waals surface area contributed by atoms with Gasteiger partial charge < -0.3 is 5.32 Å². The van der Waals surface area contributed by atoms with E-state index in [9.17, 15) is 18.0 Å². The van der Waals surface area contributed by atoms with Crippen molar-refractivity contribution in [3.8, 4) is 0 Å². The van der Waals surface area contributed by atoms with Gasteiger partial charge in [-0.15, -0.1) is 0 Å². The average molecular weight is 301 g/mol. The lowest BCUT2D eigenvalue weighted by Crippen LogP contribution is -2.14. The molecule has 0 saturated heterocycles. The molecule has 2 aromatic rings. The third-order valence-corrected chi connectivity index (χ3v) is 2.62. The van der Waals surface area contributed by atoms with E-state index in [1.807, 2.05) is 0 Å². The molecule has 0 radical (unpaired) electrons. The Labute approximate surface area is 117 Å². The van der Waals surface area contributed by atoms with E-state index in [0.29, 0.717) is 17.8 Å². The topological polar surface area (TPSA) is 42.0 Å². The molecule has 104 valence electrons. The van der Waals surface area contributed by atoms with Crippen LogP contribution in [0.3, 0.4) is 0 Å². The average Bonchev–Trinajstić information content (AvgIpc) is 2.34. The molecule has 1 aromatic heterocycles. The van der Waals surface area contributed by atoms with Gasteiger partial charge in [-0.05, 0) is 19.1 Å². The Morgan fingerprint density at radius 3 is 2.55 bits per heavy atom. The number of aromatic nitrogens is 1. The van der Waals surface area contributed by atoms with Crippen LogP contribution in [-0.4, -0.2) is 10.9 Å². The van der Waals surface area contributed by atoms with Crippen LogP contribution in [0, 0.1) is 24.4 Å². The molecule has 0 spiro atoms. The van der Waals surface area contributed by atoms with Gasteiger partial charge in [0.1, 0.15) is 11.0 Å². The molecule has 2 rings (SSSR count). The quantitative estimate of drug-likeness (QED) is 0.678. The molecule has 7 heteroatoms. The van der Waals surface area contributed by atoms with Crippen LogP contribution >= 0.6 is 11.6 Å². The molecule has 1 N–H and O–H groups in total. The molecule has 0 aliphatic rings. The number of pyridine rings is 1.